The molecule has 33 nitrogen and oxygen atoms in total. The van der Waals surface area contributed by atoms with Crippen molar-refractivity contribution in [2.75, 3.05) is 71.0 Å². The minimum Gasteiger partial charge on any atom is -0.449 e. The van der Waals surface area contributed by atoms with Crippen molar-refractivity contribution in [2.45, 2.75) is 104 Å². The Morgan fingerprint density at radius 2 is 0.885 bits per heavy atom. The Bertz CT molecular complexity index is 4130. The van der Waals surface area contributed by atoms with Gasteiger partial charge in [0.25, 0.3) is 0 Å². The van der Waals surface area contributed by atoms with Crippen LogP contribution in [0.5, 0.6) is 0 Å². The summed E-state index contributed by atoms with van der Waals surface area (Å²) in [6.45, 7) is 11.2. The predicted molar refractivity (Wildman–Crippen MR) is 419 cm³/mol. The molecule has 0 saturated heterocycles. The highest BCUT2D eigenvalue weighted by Gasteiger charge is 2.50. The largest absolute Gasteiger partial charge is 0.449 e. The third-order valence-electron chi connectivity index (χ3n) is 18.5. The highest BCUT2D eigenvalue weighted by Crippen LogP contribution is 2.54. The van der Waals surface area contributed by atoms with Crippen molar-refractivity contribution in [3.05, 3.63) is 181 Å². The molecule has 12 rings (SSSR count). The summed E-state index contributed by atoms with van der Waals surface area (Å²) in [7, 11) is 0. The van der Waals surface area contributed by atoms with E-state index in [1.807, 2.05) is 123 Å². The van der Waals surface area contributed by atoms with Crippen LogP contribution in [0.1, 0.15) is 102 Å². The monoisotopic (exact) mass is 1540 g/mol. The number of carbonyl (C=O) groups is 7. The van der Waals surface area contributed by atoms with E-state index in [1.54, 1.807) is 19.1 Å². The summed E-state index contributed by atoms with van der Waals surface area (Å²) in [5.41, 5.74) is 12.3. The van der Waals surface area contributed by atoms with E-state index in [1.165, 1.54) is 11.8 Å². The lowest BCUT2D eigenvalue weighted by molar-refractivity contribution is -0.126. The van der Waals surface area contributed by atoms with Crippen molar-refractivity contribution < 1.29 is 62.0 Å². The quantitative estimate of drug-likeness (QED) is 0.00844. The molecule has 2 saturated carbocycles. The van der Waals surface area contributed by atoms with Crippen LogP contribution in [0.15, 0.2) is 174 Å². The predicted octanol–water partition coefficient (Wildman–Crippen LogP) is 9.90. The van der Waals surface area contributed by atoms with E-state index in [2.05, 4.69) is 135 Å². The van der Waals surface area contributed by atoms with E-state index in [0.29, 0.717) is 101 Å². The van der Waals surface area contributed by atoms with Gasteiger partial charge in [0.15, 0.2) is 5.84 Å². The van der Waals surface area contributed by atoms with E-state index in [9.17, 15) is 33.6 Å². The van der Waals surface area contributed by atoms with E-state index < -0.39 is 54.8 Å². The van der Waals surface area contributed by atoms with Crippen LogP contribution in [0.3, 0.4) is 0 Å². The number of rotatable bonds is 31. The Hall–Kier alpha value is -12.7. The van der Waals surface area contributed by atoms with E-state index >= 15 is 0 Å². The van der Waals surface area contributed by atoms with Crippen LogP contribution in [-0.2, 0) is 51.2 Å². The van der Waals surface area contributed by atoms with Gasteiger partial charge in [0.05, 0.1) is 51.4 Å². The fraction of sp³-hybridized carbons (Fsp3) is 0.400. The van der Waals surface area contributed by atoms with Crippen LogP contribution in [-0.4, -0.2) is 172 Å². The fourth-order valence-corrected chi connectivity index (χ4v) is 12.6. The zero-order valence-electron chi connectivity index (χ0n) is 63.5. The first-order valence-corrected chi connectivity index (χ1v) is 37.8. The third-order valence-corrected chi connectivity index (χ3v) is 18.5. The Kier molecular flexibility index (Phi) is 32.4. The van der Waals surface area contributed by atoms with Crippen molar-refractivity contribution in [3.8, 4) is 45.6 Å². The van der Waals surface area contributed by atoms with Crippen LogP contribution < -0.4 is 48.1 Å². The van der Waals surface area contributed by atoms with Gasteiger partial charge in [-0.25, -0.2) is 24.0 Å². The molecule has 9 N–H and O–H groups in total. The summed E-state index contributed by atoms with van der Waals surface area (Å²) >= 11 is 0. The normalized spacial score (nSPS) is 18.2. The lowest BCUT2D eigenvalue weighted by Gasteiger charge is -2.19. The maximum absolute atomic E-state index is 12.7. The molecule has 7 amide bonds. The smallest absolute Gasteiger partial charge is 0.407 e. The van der Waals surface area contributed by atoms with Crippen molar-refractivity contribution in [3.63, 3.8) is 0 Å². The first-order valence-electron chi connectivity index (χ1n) is 37.8. The second kappa shape index (κ2) is 44.2. The van der Waals surface area contributed by atoms with E-state index in [4.69, 9.17) is 28.4 Å². The van der Waals surface area contributed by atoms with Gasteiger partial charge in [-0.15, -0.1) is 47.4 Å². The molecule has 4 aromatic carbocycles. The van der Waals surface area contributed by atoms with E-state index in [-0.39, 0.29) is 65.7 Å². The summed E-state index contributed by atoms with van der Waals surface area (Å²) in [5, 5.41) is 59.9. The number of alkyl carbamates (subject to hydrolysis) is 5. The van der Waals surface area contributed by atoms with Gasteiger partial charge in [0, 0.05) is 48.4 Å². The Labute approximate surface area is 654 Å². The highest BCUT2D eigenvalue weighted by atomic mass is 16.6. The van der Waals surface area contributed by atoms with E-state index in [0.717, 1.165) is 84.7 Å². The molecule has 1 aliphatic heterocycles. The first kappa shape index (κ1) is 82.8. The topological polar surface area (TPSA) is 424 Å². The van der Waals surface area contributed by atoms with Gasteiger partial charge < -0.3 is 65.6 Å². The van der Waals surface area contributed by atoms with Gasteiger partial charge in [-0.1, -0.05) is 139 Å². The van der Waals surface area contributed by atoms with Crippen LogP contribution >= 0.6 is 0 Å². The maximum Gasteiger partial charge on any atom is 0.407 e. The van der Waals surface area contributed by atoms with Crippen LogP contribution in [0.25, 0.3) is 45.6 Å². The number of pyridine rings is 1. The first-order chi connectivity index (χ1) is 55.1. The second-order valence-electron chi connectivity index (χ2n) is 27.4. The molecule has 0 bridgehead atoms. The van der Waals surface area contributed by atoms with Gasteiger partial charge in [0.1, 0.15) is 37.3 Å². The molecule has 2 fully saturated rings. The molecule has 594 valence electrons. The summed E-state index contributed by atoms with van der Waals surface area (Å²) < 4.78 is 32.6. The highest BCUT2D eigenvalue weighted by molar-refractivity contribution is 6.04. The molecule has 2 unspecified atom stereocenters. The number of hydrogen-bond donors (Lipinski definition) is 9. The number of nitrogens with one attached hydrogen (secondary N) is 9. The minimum atomic E-state index is -0.916. The number of benzene rings is 4. The number of amides is 7. The summed E-state index contributed by atoms with van der Waals surface area (Å²) in [4.78, 5) is 91.1. The Morgan fingerprint density at radius 1 is 0.469 bits per heavy atom. The molecule has 33 heteroatoms. The van der Waals surface area contributed by atoms with Crippen molar-refractivity contribution in [2.24, 2.45) is 45.7 Å². The summed E-state index contributed by atoms with van der Waals surface area (Å²) in [6.07, 6.45) is 14.8. The lowest BCUT2D eigenvalue weighted by Crippen LogP contribution is -2.44. The van der Waals surface area contributed by atoms with Gasteiger partial charge in [-0.05, 0) is 137 Å². The Balaban J connectivity index is 0.000000230. The Morgan fingerprint density at radius 3 is 1.30 bits per heavy atom. The summed E-state index contributed by atoms with van der Waals surface area (Å²) in [6, 6.07) is 36.7. The van der Waals surface area contributed by atoms with Crippen molar-refractivity contribution in [1.29, 1.82) is 0 Å². The molecule has 0 spiro atoms. The number of allylic oxidation sites excluding steroid dienone is 5. The number of anilines is 1. The lowest BCUT2D eigenvalue weighted by atomic mass is 10.1. The zero-order valence-corrected chi connectivity index (χ0v) is 63.5. The number of aromatic nitrogens is 9. The number of amidine groups is 2. The number of fused-ring (bicyclic) bond motifs is 2. The molecule has 6 atom stereocenters. The molecule has 7 aromatic rings. The molecule has 113 heavy (non-hydrogen) atoms. The molecule has 3 aromatic heterocycles. The number of hydrogen-bond acceptors (Lipinski definition) is 26. The minimum absolute atomic E-state index is 0.0831. The van der Waals surface area contributed by atoms with Gasteiger partial charge >= 0.3 is 30.5 Å². The molecule has 4 aliphatic carbocycles. The van der Waals surface area contributed by atoms with Crippen molar-refractivity contribution >= 4 is 59.6 Å². The second-order valence-corrected chi connectivity index (χ2v) is 27.4. The van der Waals surface area contributed by atoms with Crippen LogP contribution in [0.2, 0.25) is 0 Å². The molecule has 5 aliphatic rings. The summed E-state index contributed by atoms with van der Waals surface area (Å²) in [5.74, 6) is 4.74. The standard InChI is InChI=1S/C40H56N10O8.C36H32N10O5.C4H8/c1-25-47-49-37(50-48-25)34-16-15-26(20-43-34)46-36(52)19-35(51)41-17-10-18-42-40(55)58-27(21-44-38(53)56-23-32-28-11-6-2-3-7-12-29(28)32)22-45-39(54)57-24-33-30-13-8-4-5-9-14-31(30)33;47-35(50-23-25-11-15-29(16-12-25)33-43-39-31(40-44-33)27-7-3-1-4-8-27)37-19-21-49-22-20-38-36(48)51-24-26-13-17-30(18-14-26)34-45-41-32(42-46-34)28-9-5-2-6-10-28;1-4(2)3/h2-5,15-16,20,27-33H,6-14,17-19,21-24H2,1H3,(H,41,51)(H,42,55)(H,44,53)(H,45,54)(H,46,52)(H,47,48)(H,49,50);1-18H,19-24H2,(H,37,47)(H,38,48);1H2,2-3H3/b3-2+,5-4+;;/t27?,28-,29+,30-,31+,32?,33?;;. The van der Waals surface area contributed by atoms with Gasteiger partial charge in [0.2, 0.25) is 35.1 Å². The number of ether oxygens (including phenoxy) is 6. The number of hydrazone groups is 2. The maximum atomic E-state index is 12.7. The third kappa shape index (κ3) is 28.6. The van der Waals surface area contributed by atoms with Gasteiger partial charge in [-0.3, -0.25) is 25.4 Å². The SMILES string of the molecule is C=C(C)C.CC1=NNC(c2ccc(NC(=O)CC(=O)NCCCNC(=O)OC(CNC(=O)OCC3[C@H]4CC/C=C/CC[C@@H]34)CNC(=O)OCC3[C@H]4CC/C=C/CC[C@@H]34)cn2)=NN1.O=C(NCCOCCNC(=O)OCc1ccc(-c2nnc(-c3ccccc3)nn2)cc1)OCc1ccc(-c2nnc(-c3ccccc3)nn2)cc1. The molecule has 4 heterocycles. The molecular weight excluding hydrogens is 1450 g/mol. The van der Waals surface area contributed by atoms with Crippen LogP contribution in [0.4, 0.5) is 29.7 Å². The van der Waals surface area contributed by atoms with Crippen molar-refractivity contribution in [1.82, 2.24) is 88.5 Å². The number of nitrogens with zero attached hydrogens (tertiary/aromatic N) is 11. The average Bonchev–Trinajstić information content (AvgIpc) is 1.63. The molecule has 0 radical (unpaired) electrons. The average molecular weight is 1550 g/mol. The molecular formula is C80H96N20O13. The zero-order chi connectivity index (χ0) is 79.4. The fourth-order valence-electron chi connectivity index (χ4n) is 12.6. The number of carbonyl (C=O) groups excluding carboxylic acids is 7. The van der Waals surface area contributed by atoms with Crippen LogP contribution in [0, 0.1) is 35.5 Å². The van der Waals surface area contributed by atoms with Gasteiger partial charge in [-0.2, -0.15) is 10.2 Å².